The molecule has 1 unspecified atom stereocenters. The van der Waals surface area contributed by atoms with Gasteiger partial charge in [-0.1, -0.05) is 302 Å². The van der Waals surface area contributed by atoms with E-state index in [9.17, 15) is 0 Å². The molecule has 0 nitrogen and oxygen atoms in total. The largest absolute Gasteiger partial charge is 0.0990 e. The van der Waals surface area contributed by atoms with E-state index in [1.807, 2.05) is 108 Å². The number of rotatable bonds is 11. The molecule has 3 aliphatic carbocycles. The van der Waals surface area contributed by atoms with Crippen LogP contribution in [0.1, 0.15) is 159 Å². The average Bonchev–Trinajstić information content (AvgIpc) is 3.49. The maximum atomic E-state index is 3.81. The fourth-order valence-electron chi connectivity index (χ4n) is 8.31. The molecule has 0 saturated carbocycles. The van der Waals surface area contributed by atoms with Crippen molar-refractivity contribution in [3.63, 3.8) is 0 Å². The molecule has 1 atom stereocenters. The van der Waals surface area contributed by atoms with Crippen LogP contribution in [0.5, 0.6) is 0 Å². The zero-order valence-electron chi connectivity index (χ0n) is 48.3. The van der Waals surface area contributed by atoms with Crippen molar-refractivity contribution < 1.29 is 0 Å². The first-order chi connectivity index (χ1) is 36.5. The number of allylic oxidation sites excluding steroid dienone is 24. The Kier molecular flexibility index (Phi) is 39.3. The molecule has 8 rings (SSSR count). The predicted octanol–water partition coefficient (Wildman–Crippen LogP) is 24.2. The number of fused-ring (bicyclic) bond motifs is 2. The molecule has 3 aliphatic rings. The molecule has 5 aromatic rings. The molecule has 5 aromatic carbocycles. The second-order valence-corrected chi connectivity index (χ2v) is 16.1. The van der Waals surface area contributed by atoms with E-state index in [0.29, 0.717) is 5.92 Å². The van der Waals surface area contributed by atoms with E-state index >= 15 is 0 Å². The first-order valence-corrected chi connectivity index (χ1v) is 28.0. The second-order valence-electron chi connectivity index (χ2n) is 16.1. The van der Waals surface area contributed by atoms with Crippen LogP contribution >= 0.6 is 0 Å². The van der Waals surface area contributed by atoms with Gasteiger partial charge in [-0.15, -0.1) is 0 Å². The summed E-state index contributed by atoms with van der Waals surface area (Å²) in [6.45, 7) is 32.0. The Hall–Kier alpha value is -7.02. The predicted molar refractivity (Wildman–Crippen MR) is 348 cm³/mol. The molecular formula is C75H98. The van der Waals surface area contributed by atoms with E-state index in [1.165, 1.54) is 97.7 Å². The van der Waals surface area contributed by atoms with E-state index in [2.05, 4.69) is 232 Å². The highest BCUT2D eigenvalue weighted by Gasteiger charge is 2.20. The Labute approximate surface area is 461 Å². The van der Waals surface area contributed by atoms with Crippen LogP contribution in [0.25, 0.3) is 44.7 Å². The van der Waals surface area contributed by atoms with Gasteiger partial charge in [-0.3, -0.25) is 0 Å². The first-order valence-electron chi connectivity index (χ1n) is 28.0. The molecule has 0 radical (unpaired) electrons. The van der Waals surface area contributed by atoms with Crippen LogP contribution in [-0.2, 0) is 0 Å². The second kappa shape index (κ2) is 43.4. The van der Waals surface area contributed by atoms with Gasteiger partial charge in [0.05, 0.1) is 0 Å². The van der Waals surface area contributed by atoms with E-state index < -0.39 is 0 Å². The fourth-order valence-corrected chi connectivity index (χ4v) is 8.31. The van der Waals surface area contributed by atoms with Crippen LogP contribution in [0.3, 0.4) is 0 Å². The quantitative estimate of drug-likeness (QED) is 0.116. The van der Waals surface area contributed by atoms with Crippen molar-refractivity contribution in [1.82, 2.24) is 0 Å². The van der Waals surface area contributed by atoms with Crippen LogP contribution in [0.15, 0.2) is 254 Å². The normalized spacial score (nSPS) is 14.5. The minimum Gasteiger partial charge on any atom is -0.0990 e. The molecular weight excluding hydrogens is 901 g/mol. The van der Waals surface area contributed by atoms with Crippen LogP contribution in [-0.4, -0.2) is 0 Å². The zero-order valence-corrected chi connectivity index (χ0v) is 48.3. The molecule has 0 saturated heterocycles. The molecule has 0 aromatic heterocycles. The maximum absolute atomic E-state index is 3.81. The number of hydrogen-bond acceptors (Lipinski definition) is 0. The van der Waals surface area contributed by atoms with Gasteiger partial charge in [0.2, 0.25) is 0 Å². The van der Waals surface area contributed by atoms with Gasteiger partial charge in [0.1, 0.15) is 0 Å². The fraction of sp³-hybridized carbons (Fsp3) is 0.280. The van der Waals surface area contributed by atoms with Gasteiger partial charge in [-0.05, 0) is 162 Å². The summed E-state index contributed by atoms with van der Waals surface area (Å²) in [7, 11) is 0. The van der Waals surface area contributed by atoms with Gasteiger partial charge in [0.15, 0.2) is 0 Å². The summed E-state index contributed by atoms with van der Waals surface area (Å²) in [5, 5.41) is 2.53. The third-order valence-electron chi connectivity index (χ3n) is 11.5. The minimum atomic E-state index is 0. The van der Waals surface area contributed by atoms with Crippen LogP contribution in [0.4, 0.5) is 0 Å². The Morgan fingerprint density at radius 2 is 1.11 bits per heavy atom. The molecule has 0 amide bonds. The third kappa shape index (κ3) is 23.4. The molecule has 0 bridgehead atoms. The minimum absolute atomic E-state index is 0. The molecule has 398 valence electrons. The van der Waals surface area contributed by atoms with Crippen molar-refractivity contribution in [3.8, 4) is 11.1 Å². The van der Waals surface area contributed by atoms with Crippen molar-refractivity contribution in [2.24, 2.45) is 5.92 Å². The van der Waals surface area contributed by atoms with Crippen molar-refractivity contribution in [2.75, 3.05) is 0 Å². The summed E-state index contributed by atoms with van der Waals surface area (Å²) in [6.07, 6.45) is 47.1. The Balaban J connectivity index is 0.00000101. The summed E-state index contributed by atoms with van der Waals surface area (Å²) in [5.74, 6) is 0.711. The number of hydrogen-bond donors (Lipinski definition) is 0. The van der Waals surface area contributed by atoms with Crippen LogP contribution in [0.2, 0.25) is 0 Å². The molecule has 0 aliphatic heterocycles. The van der Waals surface area contributed by atoms with Crippen LogP contribution < -0.4 is 0 Å². The lowest BCUT2D eigenvalue weighted by Crippen LogP contribution is -2.10. The lowest BCUT2D eigenvalue weighted by molar-refractivity contribution is 0.568. The van der Waals surface area contributed by atoms with Crippen molar-refractivity contribution in [1.29, 1.82) is 0 Å². The number of benzene rings is 5. The molecule has 0 N–H and O–H groups in total. The summed E-state index contributed by atoms with van der Waals surface area (Å²) in [4.78, 5) is 0. The summed E-state index contributed by atoms with van der Waals surface area (Å²) >= 11 is 0. The SMILES string of the molecule is C.C1=CC(c2cccc(-c3ccccc3)c2)=CCC1.C=C/C=C(\C=C/C)C(/C=C\C)=C/c1ccc2ccccc2c1.CC.CC.CC.CC.CC.C\C=C/C(=C\C=C\C)c1ccc(C2=C3C=CCCC3CC=C2)cc1. The molecule has 75 heavy (non-hydrogen) atoms. The summed E-state index contributed by atoms with van der Waals surface area (Å²) in [5.41, 5.74) is 15.5. The van der Waals surface area contributed by atoms with E-state index in [1.54, 1.807) is 0 Å². The van der Waals surface area contributed by atoms with Crippen LogP contribution in [0, 0.1) is 5.92 Å². The highest BCUT2D eigenvalue weighted by molar-refractivity contribution is 5.86. The van der Waals surface area contributed by atoms with E-state index in [4.69, 9.17) is 0 Å². The monoisotopic (exact) mass is 999 g/mol. The zero-order chi connectivity index (χ0) is 54.8. The highest BCUT2D eigenvalue weighted by Crippen LogP contribution is 2.38. The first kappa shape index (κ1) is 68.0. The lowest BCUT2D eigenvalue weighted by Gasteiger charge is -2.26. The van der Waals surface area contributed by atoms with Gasteiger partial charge in [-0.25, -0.2) is 0 Å². The Morgan fingerprint density at radius 1 is 0.493 bits per heavy atom. The molecule has 0 heteroatoms. The van der Waals surface area contributed by atoms with Crippen molar-refractivity contribution in [3.05, 3.63) is 276 Å². The van der Waals surface area contributed by atoms with E-state index in [0.717, 1.165) is 12.0 Å². The molecule has 0 spiro atoms. The molecule has 0 fully saturated rings. The smallest absolute Gasteiger partial charge is 0.0118 e. The van der Waals surface area contributed by atoms with Gasteiger partial charge in [0, 0.05) is 0 Å². The van der Waals surface area contributed by atoms with E-state index in [-0.39, 0.29) is 7.43 Å². The standard InChI is InChI=1S/C24H26.C22H22.C18H16.5C2H6.CH4/c1-3-5-10-19(9-4-2)20-15-17-22(18-16-20)24-14-8-12-21-11-6-7-13-23(21)24;1-4-9-19(10-5-2)21(11-6-3)16-18-14-15-20-12-7-8-13-22(20)17-18;1-3-8-15(9-4-1)17-12-7-13-18(14-17)16-10-5-2-6-11-16;5*1-2;/h3-5,7-10,13-18,21H,6,11-12H2,1-2H3;4-17H,1H2,2-3H3;1,3-5,7-14H,2,6H2;5*1-2H3;1H4/b5-3+,9-4-,19-10+;10-5-,11-6-,19-9+,21-16+;;;;;;;. The Morgan fingerprint density at radius 3 is 1.73 bits per heavy atom. The maximum Gasteiger partial charge on any atom is -0.0118 e. The third-order valence-corrected chi connectivity index (χ3v) is 11.5. The van der Waals surface area contributed by atoms with Gasteiger partial charge >= 0.3 is 0 Å². The van der Waals surface area contributed by atoms with Crippen molar-refractivity contribution >= 4 is 33.6 Å². The Bertz CT molecular complexity index is 2700. The van der Waals surface area contributed by atoms with Gasteiger partial charge in [-0.2, -0.15) is 0 Å². The summed E-state index contributed by atoms with van der Waals surface area (Å²) in [6, 6.07) is 43.3. The average molecular weight is 1000 g/mol. The van der Waals surface area contributed by atoms with Crippen molar-refractivity contribution in [2.45, 2.75) is 136 Å². The highest BCUT2D eigenvalue weighted by atomic mass is 14.2. The van der Waals surface area contributed by atoms with Gasteiger partial charge < -0.3 is 0 Å². The molecule has 0 heterocycles. The topological polar surface area (TPSA) is 0 Å². The van der Waals surface area contributed by atoms with Gasteiger partial charge in [0.25, 0.3) is 0 Å². The summed E-state index contributed by atoms with van der Waals surface area (Å²) < 4.78 is 0. The lowest BCUT2D eigenvalue weighted by atomic mass is 9.79.